The molecule has 2 heterocycles. The number of nitrogens with zero attached hydrogens (tertiary/aromatic N) is 2. The third-order valence-electron chi connectivity index (χ3n) is 2.92. The van der Waals surface area contributed by atoms with E-state index in [0.717, 1.165) is 16.4 Å². The molecule has 6 heteroatoms. The minimum Gasteiger partial charge on any atom is -0.346 e. The standard InChI is InChI=1S/C15H18ClN3OS/c1-9-18-11(8-21-9)7-17-14(20)10-5-12(15(2,3)4)19-13(16)6-10/h5-6,8H,7H2,1-4H3,(H,17,20). The van der Waals surface area contributed by atoms with Gasteiger partial charge in [0.15, 0.2) is 0 Å². The van der Waals surface area contributed by atoms with Gasteiger partial charge < -0.3 is 5.32 Å². The van der Waals surface area contributed by atoms with E-state index >= 15 is 0 Å². The zero-order valence-electron chi connectivity index (χ0n) is 12.5. The largest absolute Gasteiger partial charge is 0.346 e. The van der Waals surface area contributed by atoms with Crippen LogP contribution in [0.2, 0.25) is 5.15 Å². The summed E-state index contributed by atoms with van der Waals surface area (Å²) in [6, 6.07) is 3.37. The summed E-state index contributed by atoms with van der Waals surface area (Å²) in [5, 5.41) is 6.11. The van der Waals surface area contributed by atoms with Crippen molar-refractivity contribution in [3.05, 3.63) is 44.6 Å². The maximum Gasteiger partial charge on any atom is 0.251 e. The predicted molar refractivity (Wildman–Crippen MR) is 86.0 cm³/mol. The summed E-state index contributed by atoms with van der Waals surface area (Å²) >= 11 is 7.59. The minimum atomic E-state index is -0.171. The SMILES string of the molecule is Cc1nc(CNC(=O)c2cc(Cl)nc(C(C)(C)C)c2)cs1. The van der Waals surface area contributed by atoms with Crippen molar-refractivity contribution in [1.82, 2.24) is 15.3 Å². The highest BCUT2D eigenvalue weighted by molar-refractivity contribution is 7.09. The third kappa shape index (κ3) is 4.25. The molecule has 1 amide bonds. The van der Waals surface area contributed by atoms with Gasteiger partial charge in [0, 0.05) is 22.1 Å². The quantitative estimate of drug-likeness (QED) is 0.876. The summed E-state index contributed by atoms with van der Waals surface area (Å²) < 4.78 is 0. The Bertz CT molecular complexity index is 661. The minimum absolute atomic E-state index is 0.161. The third-order valence-corrected chi connectivity index (χ3v) is 3.94. The molecule has 2 rings (SSSR count). The van der Waals surface area contributed by atoms with Crippen LogP contribution < -0.4 is 5.32 Å². The molecule has 2 aromatic heterocycles. The Balaban J connectivity index is 2.13. The lowest BCUT2D eigenvalue weighted by Crippen LogP contribution is -2.24. The summed E-state index contributed by atoms with van der Waals surface area (Å²) in [6.07, 6.45) is 0. The number of amides is 1. The first-order valence-electron chi connectivity index (χ1n) is 6.63. The van der Waals surface area contributed by atoms with Gasteiger partial charge in [-0.3, -0.25) is 4.79 Å². The number of halogens is 1. The number of hydrogen-bond acceptors (Lipinski definition) is 4. The Morgan fingerprint density at radius 2 is 2.05 bits per heavy atom. The van der Waals surface area contributed by atoms with Crippen LogP contribution in [-0.2, 0) is 12.0 Å². The molecule has 0 aromatic carbocycles. The van der Waals surface area contributed by atoms with Crippen LogP contribution in [0.15, 0.2) is 17.5 Å². The van der Waals surface area contributed by atoms with E-state index in [9.17, 15) is 4.79 Å². The molecule has 0 fully saturated rings. The van der Waals surface area contributed by atoms with Crippen LogP contribution in [0.3, 0.4) is 0 Å². The molecule has 0 bridgehead atoms. The number of aryl methyl sites for hydroxylation is 1. The van der Waals surface area contributed by atoms with Crippen molar-refractivity contribution < 1.29 is 4.79 Å². The summed E-state index contributed by atoms with van der Waals surface area (Å²) in [5.41, 5.74) is 2.02. The average Bonchev–Trinajstić information content (AvgIpc) is 2.80. The number of carbonyl (C=O) groups is 1. The monoisotopic (exact) mass is 323 g/mol. The Morgan fingerprint density at radius 3 is 2.62 bits per heavy atom. The fourth-order valence-corrected chi connectivity index (χ4v) is 2.60. The smallest absolute Gasteiger partial charge is 0.251 e. The van der Waals surface area contributed by atoms with E-state index in [1.807, 2.05) is 33.1 Å². The molecule has 1 N–H and O–H groups in total. The highest BCUT2D eigenvalue weighted by atomic mass is 35.5. The van der Waals surface area contributed by atoms with Crippen LogP contribution in [0.1, 0.15) is 47.5 Å². The van der Waals surface area contributed by atoms with Gasteiger partial charge >= 0.3 is 0 Å². The van der Waals surface area contributed by atoms with E-state index in [-0.39, 0.29) is 11.3 Å². The Kier molecular flexibility index (Phi) is 4.64. The average molecular weight is 324 g/mol. The fraction of sp³-hybridized carbons (Fsp3) is 0.400. The van der Waals surface area contributed by atoms with Crippen LogP contribution in [0.25, 0.3) is 0 Å². The van der Waals surface area contributed by atoms with Crippen molar-refractivity contribution in [2.75, 3.05) is 0 Å². The molecule has 0 aliphatic carbocycles. The molecule has 0 unspecified atom stereocenters. The van der Waals surface area contributed by atoms with E-state index < -0.39 is 0 Å². The number of hydrogen-bond donors (Lipinski definition) is 1. The van der Waals surface area contributed by atoms with Gasteiger partial charge in [0.2, 0.25) is 0 Å². The summed E-state index contributed by atoms with van der Waals surface area (Å²) in [4.78, 5) is 20.8. The Hall–Kier alpha value is -1.46. The Labute approximate surface area is 133 Å². The summed E-state index contributed by atoms with van der Waals surface area (Å²) in [7, 11) is 0. The first-order valence-corrected chi connectivity index (χ1v) is 7.89. The predicted octanol–water partition coefficient (Wildman–Crippen LogP) is 3.73. The van der Waals surface area contributed by atoms with Crippen LogP contribution in [0, 0.1) is 6.92 Å². The lowest BCUT2D eigenvalue weighted by atomic mass is 9.91. The Morgan fingerprint density at radius 1 is 1.33 bits per heavy atom. The lowest BCUT2D eigenvalue weighted by molar-refractivity contribution is 0.0950. The van der Waals surface area contributed by atoms with Crippen LogP contribution in [0.5, 0.6) is 0 Å². The number of nitrogens with one attached hydrogen (secondary N) is 1. The van der Waals surface area contributed by atoms with Crippen molar-refractivity contribution in [3.8, 4) is 0 Å². The molecule has 0 spiro atoms. The van der Waals surface area contributed by atoms with Crippen molar-refractivity contribution in [1.29, 1.82) is 0 Å². The maximum absolute atomic E-state index is 12.2. The van der Waals surface area contributed by atoms with Crippen LogP contribution in [-0.4, -0.2) is 15.9 Å². The van der Waals surface area contributed by atoms with Gasteiger partial charge in [0.1, 0.15) is 5.15 Å². The van der Waals surface area contributed by atoms with E-state index in [2.05, 4.69) is 15.3 Å². The van der Waals surface area contributed by atoms with E-state index in [0.29, 0.717) is 17.3 Å². The van der Waals surface area contributed by atoms with Crippen molar-refractivity contribution in [2.45, 2.75) is 39.7 Å². The zero-order valence-corrected chi connectivity index (χ0v) is 14.1. The van der Waals surface area contributed by atoms with Gasteiger partial charge in [-0.05, 0) is 19.1 Å². The number of rotatable bonds is 3. The molecule has 0 saturated heterocycles. The van der Waals surface area contributed by atoms with Crippen molar-refractivity contribution in [2.24, 2.45) is 0 Å². The number of thiazole rings is 1. The van der Waals surface area contributed by atoms with Crippen molar-refractivity contribution >= 4 is 28.8 Å². The first-order chi connectivity index (χ1) is 9.75. The first kappa shape index (κ1) is 15.9. The molecular weight excluding hydrogens is 306 g/mol. The second-order valence-corrected chi connectivity index (χ2v) is 7.30. The molecule has 0 atom stereocenters. The van der Waals surface area contributed by atoms with E-state index in [1.54, 1.807) is 23.5 Å². The topological polar surface area (TPSA) is 54.9 Å². The van der Waals surface area contributed by atoms with Crippen molar-refractivity contribution in [3.63, 3.8) is 0 Å². The number of aromatic nitrogens is 2. The lowest BCUT2D eigenvalue weighted by Gasteiger charge is -2.18. The second kappa shape index (κ2) is 6.12. The van der Waals surface area contributed by atoms with Gasteiger partial charge in [0.05, 0.1) is 17.2 Å². The van der Waals surface area contributed by atoms with Gasteiger partial charge in [-0.2, -0.15) is 0 Å². The maximum atomic E-state index is 12.2. The van der Waals surface area contributed by atoms with E-state index in [4.69, 9.17) is 11.6 Å². The number of carbonyl (C=O) groups excluding carboxylic acids is 1. The van der Waals surface area contributed by atoms with E-state index in [1.165, 1.54) is 0 Å². The highest BCUT2D eigenvalue weighted by Crippen LogP contribution is 2.23. The highest BCUT2D eigenvalue weighted by Gasteiger charge is 2.19. The zero-order chi connectivity index (χ0) is 15.6. The number of pyridine rings is 1. The van der Waals surface area contributed by atoms with Gasteiger partial charge in [0.25, 0.3) is 5.91 Å². The summed E-state index contributed by atoms with van der Waals surface area (Å²) in [6.45, 7) is 8.45. The van der Waals surface area contributed by atoms with Gasteiger partial charge in [-0.1, -0.05) is 32.4 Å². The molecule has 112 valence electrons. The van der Waals surface area contributed by atoms with Crippen LogP contribution >= 0.6 is 22.9 Å². The molecule has 0 radical (unpaired) electrons. The molecule has 0 aliphatic heterocycles. The molecular formula is C15H18ClN3OS. The molecule has 21 heavy (non-hydrogen) atoms. The summed E-state index contributed by atoms with van der Waals surface area (Å²) in [5.74, 6) is -0.171. The van der Waals surface area contributed by atoms with Gasteiger partial charge in [-0.15, -0.1) is 11.3 Å². The molecule has 2 aromatic rings. The van der Waals surface area contributed by atoms with Gasteiger partial charge in [-0.25, -0.2) is 9.97 Å². The van der Waals surface area contributed by atoms with Crippen LogP contribution in [0.4, 0.5) is 0 Å². The fourth-order valence-electron chi connectivity index (χ4n) is 1.77. The molecule has 0 aliphatic rings. The second-order valence-electron chi connectivity index (χ2n) is 5.85. The normalized spacial score (nSPS) is 11.5. The molecule has 0 saturated carbocycles. The molecule has 4 nitrogen and oxygen atoms in total.